The topological polar surface area (TPSA) is 65.3 Å². The predicted molar refractivity (Wildman–Crippen MR) is 101 cm³/mol. The van der Waals surface area contributed by atoms with E-state index in [4.69, 9.17) is 9.57 Å². The summed E-state index contributed by atoms with van der Waals surface area (Å²) in [5, 5.41) is 0. The van der Waals surface area contributed by atoms with Crippen LogP contribution in [0.3, 0.4) is 0 Å². The summed E-state index contributed by atoms with van der Waals surface area (Å²) in [6.45, 7) is 7.21. The van der Waals surface area contributed by atoms with Gasteiger partial charge in [-0.15, -0.1) is 0 Å². The van der Waals surface area contributed by atoms with Gasteiger partial charge < -0.3 is 14.5 Å². The lowest BCUT2D eigenvalue weighted by atomic mass is 9.99. The number of imidazole rings is 1. The maximum Gasteiger partial charge on any atom is 0.266 e. The Hall–Kier alpha value is -2.03. The molecule has 0 aromatic carbocycles. The van der Waals surface area contributed by atoms with Crippen molar-refractivity contribution in [2.75, 3.05) is 31.2 Å². The summed E-state index contributed by atoms with van der Waals surface area (Å²) in [7, 11) is 0. The zero-order valence-electron chi connectivity index (χ0n) is 16.6. The molecule has 4 rings (SSSR count). The highest BCUT2D eigenvalue weighted by Crippen LogP contribution is 2.35. The first-order valence-corrected chi connectivity index (χ1v) is 9.85. The normalized spacial score (nSPS) is 22.8. The number of hydrogen-bond donors (Lipinski definition) is 0. The van der Waals surface area contributed by atoms with Crippen molar-refractivity contribution in [3.05, 3.63) is 12.2 Å². The van der Waals surface area contributed by atoms with Crippen LogP contribution in [0.15, 0.2) is 6.33 Å². The Labute approximate surface area is 163 Å². The molecule has 4 heterocycles. The molecule has 0 aliphatic carbocycles. The van der Waals surface area contributed by atoms with Crippen molar-refractivity contribution >= 4 is 17.0 Å². The van der Waals surface area contributed by atoms with Crippen LogP contribution in [-0.4, -0.2) is 51.9 Å². The highest BCUT2D eigenvalue weighted by Gasteiger charge is 2.40. The van der Waals surface area contributed by atoms with Gasteiger partial charge in [-0.2, -0.15) is 4.73 Å². The quantitative estimate of drug-likeness (QED) is 0.791. The molecule has 2 aromatic heterocycles. The van der Waals surface area contributed by atoms with E-state index >= 15 is 0 Å². The van der Waals surface area contributed by atoms with Crippen LogP contribution in [0.5, 0.6) is 0 Å². The van der Waals surface area contributed by atoms with Gasteiger partial charge >= 0.3 is 0 Å². The molecule has 9 heteroatoms. The van der Waals surface area contributed by atoms with Gasteiger partial charge in [0.25, 0.3) is 5.92 Å². The summed E-state index contributed by atoms with van der Waals surface area (Å²) < 4.78 is 35.0. The van der Waals surface area contributed by atoms with Gasteiger partial charge in [0.1, 0.15) is 19.0 Å². The maximum atomic E-state index is 13.8. The molecule has 2 fully saturated rings. The number of alkyl halides is 2. The van der Waals surface area contributed by atoms with E-state index in [1.54, 1.807) is 4.90 Å². The molecule has 0 bridgehead atoms. The molecule has 28 heavy (non-hydrogen) atoms. The average molecular weight is 395 g/mol. The molecule has 0 amide bonds. The Bertz CT molecular complexity index is 843. The third-order valence-corrected chi connectivity index (χ3v) is 4.94. The molecule has 0 radical (unpaired) electrons. The van der Waals surface area contributed by atoms with Crippen LogP contribution in [0.25, 0.3) is 11.2 Å². The highest BCUT2D eigenvalue weighted by molar-refractivity contribution is 5.83. The van der Waals surface area contributed by atoms with Crippen LogP contribution in [0.2, 0.25) is 0 Å². The molecule has 0 saturated carbocycles. The number of ether oxygens (including phenoxy) is 1. The highest BCUT2D eigenvalue weighted by atomic mass is 19.3. The molecule has 154 valence electrons. The predicted octanol–water partition coefficient (Wildman–Crippen LogP) is 3.39. The van der Waals surface area contributed by atoms with E-state index in [0.717, 1.165) is 19.3 Å². The van der Waals surface area contributed by atoms with Gasteiger partial charge in [0.2, 0.25) is 5.65 Å². The zero-order chi connectivity index (χ0) is 19.9. The summed E-state index contributed by atoms with van der Waals surface area (Å²) in [6, 6.07) is 0. The van der Waals surface area contributed by atoms with Crippen molar-refractivity contribution in [3.8, 4) is 0 Å². The summed E-state index contributed by atoms with van der Waals surface area (Å²) in [5.74, 6) is -1.77. The van der Waals surface area contributed by atoms with Gasteiger partial charge in [0.05, 0.1) is 6.54 Å². The Morgan fingerprint density at radius 2 is 2.11 bits per heavy atom. The molecular weight excluding hydrogens is 368 g/mol. The number of rotatable bonds is 4. The molecule has 2 saturated heterocycles. The zero-order valence-corrected chi connectivity index (χ0v) is 16.6. The number of nitrogens with zero attached hydrogens (tertiary/aromatic N) is 5. The van der Waals surface area contributed by atoms with Crippen molar-refractivity contribution in [2.24, 2.45) is 5.41 Å². The fraction of sp³-hybridized carbons (Fsp3) is 0.737. The second-order valence-corrected chi connectivity index (χ2v) is 8.86. The van der Waals surface area contributed by atoms with Gasteiger partial charge in [0, 0.05) is 19.6 Å². The number of fused-ring (bicyclic) bond motifs is 1. The van der Waals surface area contributed by atoms with Gasteiger partial charge in [0.15, 0.2) is 17.2 Å². The van der Waals surface area contributed by atoms with Crippen molar-refractivity contribution in [2.45, 2.75) is 58.5 Å². The van der Waals surface area contributed by atoms with Gasteiger partial charge in [-0.25, -0.2) is 23.7 Å². The lowest BCUT2D eigenvalue weighted by Crippen LogP contribution is -2.27. The Morgan fingerprint density at radius 1 is 1.29 bits per heavy atom. The van der Waals surface area contributed by atoms with E-state index in [1.807, 2.05) is 0 Å². The van der Waals surface area contributed by atoms with E-state index in [2.05, 4.69) is 35.7 Å². The summed E-state index contributed by atoms with van der Waals surface area (Å²) in [5.41, 5.74) is 0.929. The molecule has 1 unspecified atom stereocenters. The van der Waals surface area contributed by atoms with Crippen LogP contribution < -0.4 is 9.74 Å². The van der Waals surface area contributed by atoms with E-state index in [0.29, 0.717) is 36.0 Å². The number of halogens is 2. The summed E-state index contributed by atoms with van der Waals surface area (Å²) >= 11 is 0. The molecule has 1 atom stereocenters. The molecule has 0 spiro atoms. The van der Waals surface area contributed by atoms with E-state index in [1.165, 1.54) is 11.1 Å². The largest absolute Gasteiger partial charge is 0.410 e. The second kappa shape index (κ2) is 7.09. The monoisotopic (exact) mass is 395 g/mol. The third kappa shape index (κ3) is 4.04. The van der Waals surface area contributed by atoms with Gasteiger partial charge in [-0.1, -0.05) is 20.8 Å². The van der Waals surface area contributed by atoms with Crippen LogP contribution in [0.4, 0.5) is 14.6 Å². The maximum absolute atomic E-state index is 13.8. The molecule has 2 aliphatic heterocycles. The Morgan fingerprint density at radius 3 is 2.75 bits per heavy atom. The van der Waals surface area contributed by atoms with E-state index in [9.17, 15) is 8.78 Å². The van der Waals surface area contributed by atoms with Crippen LogP contribution in [0.1, 0.15) is 58.4 Å². The first kappa shape index (κ1) is 19.3. The Balaban J connectivity index is 1.74. The minimum atomic E-state index is -2.72. The van der Waals surface area contributed by atoms with E-state index in [-0.39, 0.29) is 31.0 Å². The van der Waals surface area contributed by atoms with Crippen molar-refractivity contribution in [3.63, 3.8) is 0 Å². The number of anilines is 1. The van der Waals surface area contributed by atoms with E-state index < -0.39 is 5.92 Å². The molecule has 2 aromatic rings. The molecular formula is C19H27F2N5O2. The minimum absolute atomic E-state index is 0.0429. The fourth-order valence-electron chi connectivity index (χ4n) is 3.47. The number of hydrogen-bond acceptors (Lipinski definition) is 6. The van der Waals surface area contributed by atoms with Crippen molar-refractivity contribution < 1.29 is 18.4 Å². The summed E-state index contributed by atoms with van der Waals surface area (Å²) in [4.78, 5) is 21.1. The third-order valence-electron chi connectivity index (χ3n) is 4.94. The standard InChI is InChI=1S/C19H27F2N5O2/c1-18(2,3)11-28-26-12-22-14-16(25-8-7-19(20,21)10-25)23-15(24-17(14)26)13-6-4-5-9-27-13/h12-13H,4-11H2,1-3H3. The first-order chi connectivity index (χ1) is 13.2. The van der Waals surface area contributed by atoms with Crippen LogP contribution in [-0.2, 0) is 4.74 Å². The molecule has 2 aliphatic rings. The van der Waals surface area contributed by atoms with Crippen molar-refractivity contribution in [1.82, 2.24) is 19.7 Å². The SMILES string of the molecule is CC(C)(C)COn1cnc2c(N3CCC(F)(F)C3)nc(C3CCCCO3)nc21. The van der Waals surface area contributed by atoms with Gasteiger partial charge in [-0.05, 0) is 24.7 Å². The average Bonchev–Trinajstić information content (AvgIpc) is 3.22. The smallest absolute Gasteiger partial charge is 0.266 e. The minimum Gasteiger partial charge on any atom is -0.410 e. The number of aromatic nitrogens is 4. The second-order valence-electron chi connectivity index (χ2n) is 8.86. The van der Waals surface area contributed by atoms with Crippen molar-refractivity contribution in [1.29, 1.82) is 0 Å². The van der Waals surface area contributed by atoms with Crippen LogP contribution in [0, 0.1) is 5.41 Å². The fourth-order valence-corrected chi connectivity index (χ4v) is 3.47. The summed E-state index contributed by atoms with van der Waals surface area (Å²) in [6.07, 6.45) is 3.98. The van der Waals surface area contributed by atoms with Gasteiger partial charge in [-0.3, -0.25) is 0 Å². The first-order valence-electron chi connectivity index (χ1n) is 9.85. The lowest BCUT2D eigenvalue weighted by Gasteiger charge is -2.24. The van der Waals surface area contributed by atoms with Crippen LogP contribution >= 0.6 is 0 Å². The Kier molecular flexibility index (Phi) is 4.89. The molecule has 7 nitrogen and oxygen atoms in total. The molecule has 0 N–H and O–H groups in total. The lowest BCUT2D eigenvalue weighted by molar-refractivity contribution is 0.00936.